The SMILES string of the molecule is CCCCCCCCCCCCCCCCCC(=O)OC(C)OC(C)C. The Kier molecular flexibility index (Phi) is 18.8. The van der Waals surface area contributed by atoms with Gasteiger partial charge in [0.1, 0.15) is 0 Å². The maximum atomic E-state index is 11.7. The van der Waals surface area contributed by atoms with Gasteiger partial charge in [0.15, 0.2) is 6.29 Å². The van der Waals surface area contributed by atoms with E-state index in [-0.39, 0.29) is 12.1 Å². The molecule has 0 N–H and O–H groups in total. The highest BCUT2D eigenvalue weighted by Crippen LogP contribution is 2.14. The van der Waals surface area contributed by atoms with E-state index in [0.717, 1.165) is 12.8 Å². The summed E-state index contributed by atoms with van der Waals surface area (Å²) in [5.74, 6) is -0.132. The summed E-state index contributed by atoms with van der Waals surface area (Å²) < 4.78 is 10.6. The number of esters is 1. The van der Waals surface area contributed by atoms with Gasteiger partial charge in [-0.3, -0.25) is 4.79 Å². The summed E-state index contributed by atoms with van der Waals surface area (Å²) in [6.45, 7) is 7.95. The normalized spacial score (nSPS) is 12.5. The van der Waals surface area contributed by atoms with Crippen LogP contribution in [0.4, 0.5) is 0 Å². The fourth-order valence-electron chi connectivity index (χ4n) is 3.30. The molecule has 0 spiro atoms. The summed E-state index contributed by atoms with van der Waals surface area (Å²) in [5, 5.41) is 0. The van der Waals surface area contributed by atoms with Gasteiger partial charge in [0, 0.05) is 6.42 Å². The van der Waals surface area contributed by atoms with Gasteiger partial charge in [0.25, 0.3) is 0 Å². The third-order valence-electron chi connectivity index (χ3n) is 4.75. The van der Waals surface area contributed by atoms with Gasteiger partial charge in [0.05, 0.1) is 6.10 Å². The van der Waals surface area contributed by atoms with Gasteiger partial charge in [-0.2, -0.15) is 0 Å². The van der Waals surface area contributed by atoms with Crippen molar-refractivity contribution in [3.63, 3.8) is 0 Å². The van der Waals surface area contributed by atoms with Gasteiger partial charge in [-0.1, -0.05) is 96.8 Å². The van der Waals surface area contributed by atoms with E-state index in [4.69, 9.17) is 9.47 Å². The van der Waals surface area contributed by atoms with E-state index in [1.54, 1.807) is 6.92 Å². The van der Waals surface area contributed by atoms with Gasteiger partial charge < -0.3 is 9.47 Å². The number of carbonyl (C=O) groups excluding carboxylic acids is 1. The number of rotatable bonds is 19. The van der Waals surface area contributed by atoms with Gasteiger partial charge >= 0.3 is 5.97 Å². The number of hydrogen-bond donors (Lipinski definition) is 0. The summed E-state index contributed by atoms with van der Waals surface area (Å²) in [6.07, 6.45) is 20.2. The highest BCUT2D eigenvalue weighted by Gasteiger charge is 2.10. The number of hydrogen-bond acceptors (Lipinski definition) is 3. The highest BCUT2D eigenvalue weighted by atomic mass is 16.7. The van der Waals surface area contributed by atoms with Gasteiger partial charge in [-0.05, 0) is 27.2 Å². The predicted octanol–water partition coefficient (Wildman–Crippen LogP) is 7.56. The second kappa shape index (κ2) is 19.2. The first-order valence-corrected chi connectivity index (χ1v) is 11.4. The molecule has 0 rings (SSSR count). The third kappa shape index (κ3) is 19.8. The summed E-state index contributed by atoms with van der Waals surface area (Å²) in [4.78, 5) is 11.7. The summed E-state index contributed by atoms with van der Waals surface area (Å²) in [7, 11) is 0. The molecule has 1 atom stereocenters. The maximum Gasteiger partial charge on any atom is 0.308 e. The average molecular weight is 371 g/mol. The van der Waals surface area contributed by atoms with E-state index >= 15 is 0 Å². The van der Waals surface area contributed by atoms with E-state index < -0.39 is 6.29 Å². The molecular weight excluding hydrogens is 324 g/mol. The molecule has 156 valence electrons. The van der Waals surface area contributed by atoms with Gasteiger partial charge in [-0.25, -0.2) is 0 Å². The van der Waals surface area contributed by atoms with Crippen LogP contribution in [0.2, 0.25) is 0 Å². The molecule has 0 amide bonds. The molecular formula is C23H46O3. The van der Waals surface area contributed by atoms with Crippen LogP contribution in [-0.2, 0) is 14.3 Å². The van der Waals surface area contributed by atoms with Crippen molar-refractivity contribution in [2.45, 2.75) is 143 Å². The van der Waals surface area contributed by atoms with Crippen LogP contribution >= 0.6 is 0 Å². The first-order chi connectivity index (χ1) is 12.6. The molecule has 0 bridgehead atoms. The topological polar surface area (TPSA) is 35.5 Å². The molecule has 0 aromatic rings. The van der Waals surface area contributed by atoms with E-state index in [1.807, 2.05) is 13.8 Å². The van der Waals surface area contributed by atoms with E-state index in [2.05, 4.69) is 6.92 Å². The van der Waals surface area contributed by atoms with Crippen LogP contribution < -0.4 is 0 Å². The van der Waals surface area contributed by atoms with Crippen molar-refractivity contribution in [2.24, 2.45) is 0 Å². The smallest absolute Gasteiger partial charge is 0.308 e. The molecule has 0 aliphatic rings. The summed E-state index contributed by atoms with van der Waals surface area (Å²) in [5.41, 5.74) is 0. The molecule has 0 heterocycles. The van der Waals surface area contributed by atoms with Crippen molar-refractivity contribution in [1.29, 1.82) is 0 Å². The van der Waals surface area contributed by atoms with E-state index in [9.17, 15) is 4.79 Å². The zero-order chi connectivity index (χ0) is 19.5. The van der Waals surface area contributed by atoms with Gasteiger partial charge in [0.2, 0.25) is 0 Å². The lowest BCUT2D eigenvalue weighted by Gasteiger charge is -2.16. The molecule has 1 unspecified atom stereocenters. The Morgan fingerprint density at radius 3 is 1.42 bits per heavy atom. The quantitative estimate of drug-likeness (QED) is 0.134. The van der Waals surface area contributed by atoms with Crippen molar-refractivity contribution < 1.29 is 14.3 Å². The monoisotopic (exact) mass is 370 g/mol. The van der Waals surface area contributed by atoms with E-state index in [1.165, 1.54) is 83.5 Å². The van der Waals surface area contributed by atoms with Crippen LogP contribution in [0, 0.1) is 0 Å². The zero-order valence-electron chi connectivity index (χ0n) is 18.2. The first-order valence-electron chi connectivity index (χ1n) is 11.4. The molecule has 26 heavy (non-hydrogen) atoms. The maximum absolute atomic E-state index is 11.7. The lowest BCUT2D eigenvalue weighted by Crippen LogP contribution is -2.21. The Labute approximate surface area is 163 Å². The lowest BCUT2D eigenvalue weighted by molar-refractivity contribution is -0.181. The largest absolute Gasteiger partial charge is 0.436 e. The van der Waals surface area contributed by atoms with Crippen LogP contribution in [0.5, 0.6) is 0 Å². The highest BCUT2D eigenvalue weighted by molar-refractivity contribution is 5.69. The second-order valence-electron chi connectivity index (χ2n) is 7.94. The molecule has 0 aromatic heterocycles. The lowest BCUT2D eigenvalue weighted by atomic mass is 10.0. The van der Waals surface area contributed by atoms with E-state index in [0.29, 0.717) is 6.42 Å². The van der Waals surface area contributed by atoms with Crippen molar-refractivity contribution in [3.8, 4) is 0 Å². The number of carbonyl (C=O) groups is 1. The Morgan fingerprint density at radius 2 is 1.04 bits per heavy atom. The zero-order valence-corrected chi connectivity index (χ0v) is 18.2. The van der Waals surface area contributed by atoms with Crippen molar-refractivity contribution in [1.82, 2.24) is 0 Å². The molecule has 3 heteroatoms. The standard InChI is InChI=1S/C23H46O3/c1-5-6-7-8-9-10-11-12-13-14-15-16-17-18-19-20-23(24)26-22(4)25-21(2)3/h21-22H,5-20H2,1-4H3. The summed E-state index contributed by atoms with van der Waals surface area (Å²) >= 11 is 0. The molecule has 0 radical (unpaired) electrons. The molecule has 3 nitrogen and oxygen atoms in total. The molecule has 0 saturated carbocycles. The van der Waals surface area contributed by atoms with Crippen LogP contribution in [-0.4, -0.2) is 18.4 Å². The minimum atomic E-state index is -0.432. The fraction of sp³-hybridized carbons (Fsp3) is 0.957. The van der Waals surface area contributed by atoms with Crippen LogP contribution in [0.1, 0.15) is 130 Å². The second-order valence-corrected chi connectivity index (χ2v) is 7.94. The first kappa shape index (κ1) is 25.4. The van der Waals surface area contributed by atoms with Crippen LogP contribution in [0.25, 0.3) is 0 Å². The summed E-state index contributed by atoms with van der Waals surface area (Å²) in [6, 6.07) is 0. The van der Waals surface area contributed by atoms with Crippen molar-refractivity contribution >= 4 is 5.97 Å². The Morgan fingerprint density at radius 1 is 0.654 bits per heavy atom. The number of unbranched alkanes of at least 4 members (excludes halogenated alkanes) is 14. The molecule has 0 saturated heterocycles. The Bertz CT molecular complexity index is 302. The minimum Gasteiger partial charge on any atom is -0.436 e. The van der Waals surface area contributed by atoms with Crippen LogP contribution in [0.3, 0.4) is 0 Å². The number of ether oxygens (including phenoxy) is 2. The van der Waals surface area contributed by atoms with Crippen molar-refractivity contribution in [3.05, 3.63) is 0 Å². The average Bonchev–Trinajstić information content (AvgIpc) is 2.57. The molecule has 0 aromatic carbocycles. The predicted molar refractivity (Wildman–Crippen MR) is 111 cm³/mol. The van der Waals surface area contributed by atoms with Gasteiger partial charge in [-0.15, -0.1) is 0 Å². The minimum absolute atomic E-state index is 0.0867. The fourth-order valence-corrected chi connectivity index (χ4v) is 3.30. The molecule has 0 aliphatic carbocycles. The molecule has 0 aliphatic heterocycles. The Balaban J connectivity index is 3.20. The van der Waals surface area contributed by atoms with Crippen LogP contribution in [0.15, 0.2) is 0 Å². The van der Waals surface area contributed by atoms with Crippen molar-refractivity contribution in [2.75, 3.05) is 0 Å². The third-order valence-corrected chi connectivity index (χ3v) is 4.75. The molecule has 0 fully saturated rings. The Hall–Kier alpha value is -0.570.